The molecule has 32 heavy (non-hydrogen) atoms. The lowest BCUT2D eigenvalue weighted by Crippen LogP contribution is -2.26. The molecule has 11 heteroatoms. The number of nitrogens with zero attached hydrogens (tertiary/aromatic N) is 3. The van der Waals surface area contributed by atoms with Gasteiger partial charge in [0.05, 0.1) is 26.3 Å². The van der Waals surface area contributed by atoms with Crippen LogP contribution >= 0.6 is 34.7 Å². The van der Waals surface area contributed by atoms with Crippen LogP contribution in [0.5, 0.6) is 0 Å². The van der Waals surface area contributed by atoms with Crippen molar-refractivity contribution in [2.24, 2.45) is 0 Å². The summed E-state index contributed by atoms with van der Waals surface area (Å²) in [5.41, 5.74) is 1.23. The highest BCUT2D eigenvalue weighted by Crippen LogP contribution is 2.35. The molecule has 3 aromatic rings. The van der Waals surface area contributed by atoms with E-state index in [1.807, 2.05) is 6.92 Å². The van der Waals surface area contributed by atoms with Crippen molar-refractivity contribution in [2.45, 2.75) is 56.5 Å². The van der Waals surface area contributed by atoms with Gasteiger partial charge in [0.1, 0.15) is 4.83 Å². The Kier molecular flexibility index (Phi) is 6.55. The molecule has 0 saturated heterocycles. The Morgan fingerprint density at radius 1 is 1.41 bits per heavy atom. The van der Waals surface area contributed by atoms with Gasteiger partial charge in [-0.05, 0) is 51.2 Å². The van der Waals surface area contributed by atoms with E-state index in [4.69, 9.17) is 16.6 Å². The molecule has 1 atom stereocenters. The van der Waals surface area contributed by atoms with Crippen molar-refractivity contribution in [1.82, 2.24) is 9.55 Å². The normalized spacial score (nSPS) is 14.2. The van der Waals surface area contributed by atoms with Crippen LogP contribution in [0, 0.1) is 10.1 Å². The minimum Gasteiger partial charge on any atom is -0.324 e. The van der Waals surface area contributed by atoms with Gasteiger partial charge >= 0.3 is 0 Å². The quantitative estimate of drug-likeness (QED) is 0.223. The number of nitro groups is 1. The Morgan fingerprint density at radius 3 is 2.84 bits per heavy atom. The fraction of sp³-hybridized carbons (Fsp3) is 0.381. The second-order valence-corrected chi connectivity index (χ2v) is 10.3. The van der Waals surface area contributed by atoms with Gasteiger partial charge in [0.25, 0.3) is 11.2 Å². The van der Waals surface area contributed by atoms with Gasteiger partial charge in [-0.15, -0.1) is 11.3 Å². The van der Waals surface area contributed by atoms with E-state index in [9.17, 15) is 19.7 Å². The van der Waals surface area contributed by atoms with E-state index < -0.39 is 10.2 Å². The zero-order chi connectivity index (χ0) is 23.0. The number of thioether (sulfide) groups is 1. The first-order chi connectivity index (χ1) is 15.3. The van der Waals surface area contributed by atoms with Crippen molar-refractivity contribution in [2.75, 3.05) is 5.32 Å². The SMILES string of the molecule is CCn1c(SC(C)C(=O)Nc2ccc([N+](=O)[O-])cc2Cl)nc2sc3c(c2c1=O)CCCC3. The Labute approximate surface area is 197 Å². The summed E-state index contributed by atoms with van der Waals surface area (Å²) in [7, 11) is 0. The van der Waals surface area contributed by atoms with Gasteiger partial charge in [0.2, 0.25) is 5.91 Å². The van der Waals surface area contributed by atoms with Gasteiger partial charge in [-0.1, -0.05) is 23.4 Å². The average Bonchev–Trinajstić information content (AvgIpc) is 3.13. The monoisotopic (exact) mass is 492 g/mol. The molecule has 0 spiro atoms. The summed E-state index contributed by atoms with van der Waals surface area (Å²) in [6, 6.07) is 3.87. The number of amides is 1. The zero-order valence-corrected chi connectivity index (χ0v) is 19.9. The highest BCUT2D eigenvalue weighted by molar-refractivity contribution is 8.00. The standard InChI is InChI=1S/C21H21ClN4O4S2/c1-3-25-20(28)17-13-6-4-5-7-16(13)32-19(17)24-21(25)31-11(2)18(27)23-15-9-8-12(26(29)30)10-14(15)22/h8-11H,3-7H2,1-2H3,(H,23,27). The Morgan fingerprint density at radius 2 is 2.16 bits per heavy atom. The van der Waals surface area contributed by atoms with Crippen LogP contribution in [0.4, 0.5) is 11.4 Å². The third-order valence-corrected chi connectivity index (χ3v) is 8.02. The number of hydrogen-bond acceptors (Lipinski definition) is 7. The number of aryl methyl sites for hydroxylation is 2. The van der Waals surface area contributed by atoms with Crippen LogP contribution in [0.3, 0.4) is 0 Å². The lowest BCUT2D eigenvalue weighted by Gasteiger charge is -2.15. The number of thiophene rings is 1. The minimum absolute atomic E-state index is 0.0505. The molecule has 0 fully saturated rings. The Balaban J connectivity index is 1.59. The van der Waals surface area contributed by atoms with E-state index in [1.54, 1.807) is 22.8 Å². The fourth-order valence-electron chi connectivity index (χ4n) is 3.75. The van der Waals surface area contributed by atoms with Crippen molar-refractivity contribution in [3.63, 3.8) is 0 Å². The number of fused-ring (bicyclic) bond motifs is 3. The highest BCUT2D eigenvalue weighted by Gasteiger charge is 2.24. The van der Waals surface area contributed by atoms with Crippen LogP contribution < -0.4 is 10.9 Å². The number of anilines is 1. The molecule has 0 saturated carbocycles. The molecule has 2 aromatic heterocycles. The summed E-state index contributed by atoms with van der Waals surface area (Å²) >= 11 is 8.87. The van der Waals surface area contributed by atoms with Crippen molar-refractivity contribution in [1.29, 1.82) is 0 Å². The predicted molar refractivity (Wildman–Crippen MR) is 128 cm³/mol. The second-order valence-electron chi connectivity index (χ2n) is 7.51. The van der Waals surface area contributed by atoms with Crippen LogP contribution in [0.2, 0.25) is 5.02 Å². The third kappa shape index (κ3) is 4.26. The van der Waals surface area contributed by atoms with E-state index in [-0.39, 0.29) is 27.9 Å². The van der Waals surface area contributed by atoms with E-state index >= 15 is 0 Å². The van der Waals surface area contributed by atoms with E-state index in [0.29, 0.717) is 11.7 Å². The largest absolute Gasteiger partial charge is 0.324 e. The molecule has 0 aliphatic heterocycles. The van der Waals surface area contributed by atoms with Crippen molar-refractivity contribution in [3.8, 4) is 0 Å². The first-order valence-electron chi connectivity index (χ1n) is 10.3. The molecule has 1 aliphatic carbocycles. The molecule has 2 heterocycles. The maximum atomic E-state index is 13.2. The smallest absolute Gasteiger partial charge is 0.271 e. The second kappa shape index (κ2) is 9.21. The predicted octanol–water partition coefficient (Wildman–Crippen LogP) is 5.04. The van der Waals surface area contributed by atoms with Crippen LogP contribution in [0.15, 0.2) is 28.2 Å². The number of nitro benzene ring substituents is 1. The van der Waals surface area contributed by atoms with Gasteiger partial charge < -0.3 is 5.32 Å². The summed E-state index contributed by atoms with van der Waals surface area (Å²) in [5.74, 6) is -0.340. The number of nitrogens with one attached hydrogen (secondary N) is 1. The van der Waals surface area contributed by atoms with E-state index in [0.717, 1.165) is 41.5 Å². The number of benzene rings is 1. The first kappa shape index (κ1) is 22.8. The van der Waals surface area contributed by atoms with Gasteiger partial charge in [-0.25, -0.2) is 4.98 Å². The number of hydrogen-bond donors (Lipinski definition) is 1. The van der Waals surface area contributed by atoms with Crippen molar-refractivity contribution < 1.29 is 9.72 Å². The summed E-state index contributed by atoms with van der Waals surface area (Å²) in [6.07, 6.45) is 4.12. The number of halogens is 1. The van der Waals surface area contributed by atoms with Crippen LogP contribution in [-0.2, 0) is 24.2 Å². The molecule has 8 nitrogen and oxygen atoms in total. The molecule has 0 radical (unpaired) electrons. The van der Waals surface area contributed by atoms with Crippen molar-refractivity contribution >= 4 is 62.2 Å². The zero-order valence-electron chi connectivity index (χ0n) is 17.5. The van der Waals surface area contributed by atoms with Gasteiger partial charge in [-0.2, -0.15) is 0 Å². The number of rotatable bonds is 6. The maximum Gasteiger partial charge on any atom is 0.271 e. The van der Waals surface area contributed by atoms with Gasteiger partial charge in [0.15, 0.2) is 5.16 Å². The fourth-order valence-corrected chi connectivity index (χ4v) is 6.25. The maximum absolute atomic E-state index is 13.2. The van der Waals surface area contributed by atoms with Crippen LogP contribution in [0.1, 0.15) is 37.1 Å². The molecular formula is C21H21ClN4O4S2. The molecule has 1 aromatic carbocycles. The molecule has 1 N–H and O–H groups in total. The summed E-state index contributed by atoms with van der Waals surface area (Å²) in [6.45, 7) is 4.06. The molecule has 4 rings (SSSR count). The minimum atomic E-state index is -0.571. The third-order valence-electron chi connectivity index (χ3n) is 5.43. The number of carbonyl (C=O) groups excluding carboxylic acids is 1. The van der Waals surface area contributed by atoms with E-state index in [1.165, 1.54) is 34.8 Å². The Hall–Kier alpha value is -2.43. The topological polar surface area (TPSA) is 107 Å². The number of non-ortho nitro benzene ring substituents is 1. The van der Waals surface area contributed by atoms with Crippen LogP contribution in [-0.4, -0.2) is 25.6 Å². The molecule has 1 unspecified atom stereocenters. The average molecular weight is 493 g/mol. The first-order valence-corrected chi connectivity index (χ1v) is 12.3. The lowest BCUT2D eigenvalue weighted by atomic mass is 9.97. The van der Waals surface area contributed by atoms with Crippen LogP contribution in [0.25, 0.3) is 10.2 Å². The summed E-state index contributed by atoms with van der Waals surface area (Å²) < 4.78 is 1.62. The molecule has 1 amide bonds. The number of carbonyl (C=O) groups is 1. The highest BCUT2D eigenvalue weighted by atomic mass is 35.5. The summed E-state index contributed by atoms with van der Waals surface area (Å²) in [4.78, 5) is 43.0. The number of aromatic nitrogens is 2. The molecule has 1 aliphatic rings. The van der Waals surface area contributed by atoms with Gasteiger partial charge in [-0.3, -0.25) is 24.3 Å². The molecule has 0 bridgehead atoms. The molecule has 168 valence electrons. The Bertz CT molecular complexity index is 1290. The summed E-state index contributed by atoms with van der Waals surface area (Å²) in [5, 5.41) is 14.3. The molecular weight excluding hydrogens is 472 g/mol. The van der Waals surface area contributed by atoms with Gasteiger partial charge in [0, 0.05) is 23.6 Å². The lowest BCUT2D eigenvalue weighted by molar-refractivity contribution is -0.384. The van der Waals surface area contributed by atoms with E-state index in [2.05, 4.69) is 5.32 Å². The van der Waals surface area contributed by atoms with Crippen molar-refractivity contribution in [3.05, 3.63) is 54.1 Å².